The number of sulfonamides is 1. The van der Waals surface area contributed by atoms with Crippen LogP contribution in [0.25, 0.3) is 0 Å². The second-order valence-electron chi connectivity index (χ2n) is 6.55. The maximum Gasteiger partial charge on any atom is 0.266 e. The highest BCUT2D eigenvalue weighted by Gasteiger charge is 2.26. The van der Waals surface area contributed by atoms with Gasteiger partial charge in [0.25, 0.3) is 10.0 Å². The van der Waals surface area contributed by atoms with Crippen molar-refractivity contribution in [3.05, 3.63) is 71.8 Å². The van der Waals surface area contributed by atoms with Gasteiger partial charge in [-0.2, -0.15) is 14.6 Å². The van der Waals surface area contributed by atoms with E-state index in [1.165, 1.54) is 0 Å². The zero-order valence-corrected chi connectivity index (χ0v) is 17.1. The highest BCUT2D eigenvalue weighted by Crippen LogP contribution is 2.30. The molecule has 30 heavy (non-hydrogen) atoms. The van der Waals surface area contributed by atoms with Gasteiger partial charge in [0.1, 0.15) is 22.9 Å². The van der Waals surface area contributed by atoms with Crippen molar-refractivity contribution < 1.29 is 17.2 Å². The summed E-state index contributed by atoms with van der Waals surface area (Å²) in [5, 5.41) is 7.62. The Kier molecular flexibility index (Phi) is 5.79. The van der Waals surface area contributed by atoms with E-state index in [9.17, 15) is 17.2 Å². The molecule has 8 nitrogen and oxygen atoms in total. The highest BCUT2D eigenvalue weighted by atomic mass is 32.2. The molecule has 2 aromatic heterocycles. The fourth-order valence-electron chi connectivity index (χ4n) is 3.23. The van der Waals surface area contributed by atoms with Gasteiger partial charge in [0.15, 0.2) is 0 Å². The molecule has 0 spiro atoms. The number of nitrogens with zero attached hydrogens (tertiary/aromatic N) is 5. The standard InChI is InChI=1S/C18H16F2N6O2S2/c19-14-8-17(30(27,28)25-18-21-11-24-29-18)15(20)7-13(14)10-26-6-2-1-3-16(26)12-4-5-22-23-9-12/h1-2,4-5,7-9,11,16H,3,6,10H2,(H,21,24,25)/t16-/m0/s1. The molecule has 156 valence electrons. The lowest BCUT2D eigenvalue weighted by molar-refractivity contribution is 0.198. The van der Waals surface area contributed by atoms with Crippen LogP contribution in [0.3, 0.4) is 0 Å². The zero-order valence-electron chi connectivity index (χ0n) is 15.4. The van der Waals surface area contributed by atoms with E-state index < -0.39 is 26.6 Å². The van der Waals surface area contributed by atoms with Gasteiger partial charge >= 0.3 is 0 Å². The second kappa shape index (κ2) is 8.50. The van der Waals surface area contributed by atoms with E-state index in [0.717, 1.165) is 29.5 Å². The normalized spacial score (nSPS) is 17.2. The zero-order chi connectivity index (χ0) is 21.1. The van der Waals surface area contributed by atoms with Crippen molar-refractivity contribution in [3.63, 3.8) is 0 Å². The van der Waals surface area contributed by atoms with Gasteiger partial charge < -0.3 is 0 Å². The van der Waals surface area contributed by atoms with Gasteiger partial charge in [0.2, 0.25) is 5.13 Å². The van der Waals surface area contributed by atoms with Crippen LogP contribution in [0.2, 0.25) is 0 Å². The molecular weight excluding hydrogens is 434 g/mol. The van der Waals surface area contributed by atoms with Gasteiger partial charge in [0, 0.05) is 42.4 Å². The van der Waals surface area contributed by atoms with E-state index in [-0.39, 0.29) is 23.3 Å². The number of hydrogen-bond donors (Lipinski definition) is 1. The molecule has 3 aromatic rings. The lowest BCUT2D eigenvalue weighted by Crippen LogP contribution is -2.31. The number of rotatable bonds is 6. The van der Waals surface area contributed by atoms with Gasteiger partial charge in [-0.1, -0.05) is 12.2 Å². The molecule has 0 saturated heterocycles. The summed E-state index contributed by atoms with van der Waals surface area (Å²) >= 11 is 0.789. The largest absolute Gasteiger partial charge is 0.288 e. The summed E-state index contributed by atoms with van der Waals surface area (Å²) in [6.45, 7) is 0.636. The van der Waals surface area contributed by atoms with Crippen molar-refractivity contribution in [2.75, 3.05) is 11.3 Å². The van der Waals surface area contributed by atoms with Crippen LogP contribution in [0.5, 0.6) is 0 Å². The Labute approximate surface area is 175 Å². The first-order chi connectivity index (χ1) is 14.4. The average molecular weight is 450 g/mol. The van der Waals surface area contributed by atoms with Crippen molar-refractivity contribution >= 4 is 26.7 Å². The smallest absolute Gasteiger partial charge is 0.266 e. The van der Waals surface area contributed by atoms with Gasteiger partial charge in [-0.15, -0.1) is 0 Å². The van der Waals surface area contributed by atoms with E-state index in [4.69, 9.17) is 0 Å². The third-order valence-corrected chi connectivity index (χ3v) is 6.71. The molecule has 0 unspecified atom stereocenters. The second-order valence-corrected chi connectivity index (χ2v) is 8.98. The van der Waals surface area contributed by atoms with Crippen LogP contribution in [-0.2, 0) is 16.6 Å². The number of anilines is 1. The molecule has 0 amide bonds. The lowest BCUT2D eigenvalue weighted by Gasteiger charge is -2.33. The summed E-state index contributed by atoms with van der Waals surface area (Å²) in [7, 11) is -4.34. The molecule has 0 fully saturated rings. The molecule has 1 aliphatic rings. The summed E-state index contributed by atoms with van der Waals surface area (Å²) < 4.78 is 60.0. The minimum Gasteiger partial charge on any atom is -0.288 e. The topological polar surface area (TPSA) is 101 Å². The van der Waals surface area contributed by atoms with E-state index in [2.05, 4.69) is 24.3 Å². The predicted molar refractivity (Wildman–Crippen MR) is 106 cm³/mol. The van der Waals surface area contributed by atoms with Crippen molar-refractivity contribution in [1.29, 1.82) is 0 Å². The summed E-state index contributed by atoms with van der Waals surface area (Å²) in [4.78, 5) is 4.87. The third-order valence-electron chi connectivity index (χ3n) is 4.65. The van der Waals surface area contributed by atoms with Gasteiger partial charge in [-0.05, 0) is 30.2 Å². The number of aromatic nitrogens is 4. The third kappa shape index (κ3) is 4.35. The van der Waals surface area contributed by atoms with Gasteiger partial charge in [-0.25, -0.2) is 22.2 Å². The average Bonchev–Trinajstić information content (AvgIpc) is 3.23. The van der Waals surface area contributed by atoms with Crippen LogP contribution in [0.1, 0.15) is 23.6 Å². The molecule has 12 heteroatoms. The molecule has 1 aromatic carbocycles. The van der Waals surface area contributed by atoms with Gasteiger partial charge in [-0.3, -0.25) is 9.62 Å². The Hall–Kier alpha value is -2.83. The van der Waals surface area contributed by atoms with Crippen LogP contribution in [0, 0.1) is 11.6 Å². The van der Waals surface area contributed by atoms with E-state index in [1.54, 1.807) is 12.4 Å². The van der Waals surface area contributed by atoms with Crippen LogP contribution in [0.4, 0.5) is 13.9 Å². The highest BCUT2D eigenvalue weighted by molar-refractivity contribution is 7.93. The summed E-state index contributed by atoms with van der Waals surface area (Å²) in [5.74, 6) is -1.85. The SMILES string of the molecule is O=S(=O)(Nc1ncns1)c1cc(F)c(CN2CC=CC[C@H]2c2ccnnc2)cc1F. The summed E-state index contributed by atoms with van der Waals surface area (Å²) in [6, 6.07) is 3.37. The maximum atomic E-state index is 14.8. The van der Waals surface area contributed by atoms with Crippen molar-refractivity contribution in [2.24, 2.45) is 0 Å². The Balaban J connectivity index is 1.59. The van der Waals surface area contributed by atoms with Crippen molar-refractivity contribution in [2.45, 2.75) is 23.9 Å². The number of nitrogens with one attached hydrogen (secondary N) is 1. The molecule has 3 heterocycles. The van der Waals surface area contributed by atoms with Gasteiger partial charge in [0.05, 0.1) is 6.20 Å². The molecule has 1 aliphatic heterocycles. The Morgan fingerprint density at radius 3 is 2.80 bits per heavy atom. The van der Waals surface area contributed by atoms with E-state index in [0.29, 0.717) is 19.0 Å². The maximum absolute atomic E-state index is 14.8. The molecule has 0 aliphatic carbocycles. The van der Waals surface area contributed by atoms with Crippen molar-refractivity contribution in [1.82, 2.24) is 24.5 Å². The van der Waals surface area contributed by atoms with E-state index in [1.807, 2.05) is 23.1 Å². The summed E-state index contributed by atoms with van der Waals surface area (Å²) in [6.07, 6.45) is 9.04. The quantitative estimate of drug-likeness (QED) is 0.576. The fraction of sp³-hybridized carbons (Fsp3) is 0.222. The predicted octanol–water partition coefficient (Wildman–Crippen LogP) is 2.91. The van der Waals surface area contributed by atoms with Crippen molar-refractivity contribution in [3.8, 4) is 0 Å². The molecule has 0 saturated carbocycles. The molecule has 1 atom stereocenters. The molecular formula is C18H16F2N6O2S2. The van der Waals surface area contributed by atoms with Crippen LogP contribution >= 0.6 is 11.5 Å². The van der Waals surface area contributed by atoms with E-state index >= 15 is 0 Å². The molecule has 0 bridgehead atoms. The molecule has 4 rings (SSSR count). The minimum atomic E-state index is -4.34. The number of hydrogen-bond acceptors (Lipinski definition) is 8. The monoisotopic (exact) mass is 450 g/mol. The Morgan fingerprint density at radius 1 is 1.20 bits per heavy atom. The van der Waals surface area contributed by atoms with Crippen LogP contribution in [-0.4, -0.2) is 39.4 Å². The molecule has 1 N–H and O–H groups in total. The molecule has 0 radical (unpaired) electrons. The summed E-state index contributed by atoms with van der Waals surface area (Å²) in [5.41, 5.74) is 0.973. The Bertz CT molecular complexity index is 1160. The lowest BCUT2D eigenvalue weighted by atomic mass is 10.00. The first-order valence-electron chi connectivity index (χ1n) is 8.87. The first kappa shape index (κ1) is 20.4. The van der Waals surface area contributed by atoms with Crippen LogP contribution < -0.4 is 4.72 Å². The first-order valence-corrected chi connectivity index (χ1v) is 11.1. The van der Waals surface area contributed by atoms with Crippen LogP contribution in [0.15, 0.2) is 54.0 Å². The Morgan fingerprint density at radius 2 is 2.07 bits per heavy atom. The fourth-order valence-corrected chi connectivity index (χ4v) is 4.97. The minimum absolute atomic E-state index is 0.0345. The number of halogens is 2. The number of benzene rings is 1.